The zero-order chi connectivity index (χ0) is 23.7. The fraction of sp³-hybridized carbons (Fsp3) is 0.269. The molecule has 2 aliphatic rings. The number of hydrogen-bond acceptors (Lipinski definition) is 5. The second-order valence-corrected chi connectivity index (χ2v) is 9.56. The molecule has 0 unspecified atom stereocenters. The first-order valence-electron chi connectivity index (χ1n) is 11.4. The van der Waals surface area contributed by atoms with E-state index in [0.29, 0.717) is 18.5 Å². The molecule has 0 radical (unpaired) electrons. The second kappa shape index (κ2) is 9.04. The third-order valence-corrected chi connectivity index (χ3v) is 7.65. The number of thiophene rings is 1. The van der Waals surface area contributed by atoms with E-state index in [2.05, 4.69) is 39.2 Å². The lowest BCUT2D eigenvalue weighted by Gasteiger charge is -2.36. The Kier molecular flexibility index (Phi) is 5.93. The highest BCUT2D eigenvalue weighted by Crippen LogP contribution is 2.37. The van der Waals surface area contributed by atoms with E-state index in [1.807, 2.05) is 55.5 Å². The van der Waals surface area contributed by atoms with Gasteiger partial charge in [-0.05, 0) is 41.0 Å². The fourth-order valence-electron chi connectivity index (χ4n) is 4.95. The molecule has 3 aromatic rings. The maximum Gasteiger partial charge on any atom is 0.344 e. The average Bonchev–Trinajstić information content (AvgIpc) is 3.43. The van der Waals surface area contributed by atoms with Gasteiger partial charge in [-0.15, -0.1) is 11.3 Å². The van der Waals surface area contributed by atoms with Crippen molar-refractivity contribution < 1.29 is 14.4 Å². The molecule has 3 heterocycles. The number of hydrazine groups is 1. The molecule has 2 aliphatic heterocycles. The van der Waals surface area contributed by atoms with Crippen LogP contribution < -0.4 is 10.7 Å². The summed E-state index contributed by atoms with van der Waals surface area (Å²) < 4.78 is 0. The van der Waals surface area contributed by atoms with Gasteiger partial charge >= 0.3 is 6.03 Å². The van der Waals surface area contributed by atoms with Crippen LogP contribution in [0.4, 0.5) is 4.79 Å². The van der Waals surface area contributed by atoms with Gasteiger partial charge in [-0.2, -0.15) is 5.01 Å². The third kappa shape index (κ3) is 3.78. The highest BCUT2D eigenvalue weighted by molar-refractivity contribution is 7.10. The summed E-state index contributed by atoms with van der Waals surface area (Å²) in [7, 11) is 0. The van der Waals surface area contributed by atoms with E-state index in [0.717, 1.165) is 17.0 Å². The van der Waals surface area contributed by atoms with Crippen molar-refractivity contribution in [2.75, 3.05) is 13.1 Å². The first-order valence-corrected chi connectivity index (χ1v) is 12.3. The Labute approximate surface area is 202 Å². The molecule has 4 amide bonds. The lowest BCUT2D eigenvalue weighted by molar-refractivity contribution is -0.140. The first kappa shape index (κ1) is 22.3. The van der Waals surface area contributed by atoms with E-state index >= 15 is 0 Å². The van der Waals surface area contributed by atoms with Crippen molar-refractivity contribution in [3.05, 3.63) is 93.7 Å². The summed E-state index contributed by atoms with van der Waals surface area (Å²) in [4.78, 5) is 42.6. The smallest absolute Gasteiger partial charge is 0.318 e. The van der Waals surface area contributed by atoms with Crippen LogP contribution in [0.25, 0.3) is 0 Å². The number of amides is 4. The topological polar surface area (TPSA) is 81.8 Å². The summed E-state index contributed by atoms with van der Waals surface area (Å²) in [5, 5.41) is 5.72. The Bertz CT molecular complexity index is 1210. The predicted molar refractivity (Wildman–Crippen MR) is 130 cm³/mol. The van der Waals surface area contributed by atoms with Gasteiger partial charge in [-0.25, -0.2) is 4.79 Å². The lowest BCUT2D eigenvalue weighted by Crippen LogP contribution is -2.52. The number of fused-ring (bicyclic) bond motifs is 1. The molecule has 8 heteroatoms. The summed E-state index contributed by atoms with van der Waals surface area (Å²) in [6.45, 7) is 2.62. The van der Waals surface area contributed by atoms with Gasteiger partial charge in [0, 0.05) is 11.4 Å². The summed E-state index contributed by atoms with van der Waals surface area (Å²) in [5.74, 6) is -0.874. The van der Waals surface area contributed by atoms with Gasteiger partial charge in [0.05, 0.1) is 12.6 Å². The Morgan fingerprint density at radius 3 is 2.50 bits per heavy atom. The van der Waals surface area contributed by atoms with E-state index in [1.165, 1.54) is 10.4 Å². The average molecular weight is 475 g/mol. The van der Waals surface area contributed by atoms with Crippen molar-refractivity contribution in [1.82, 2.24) is 20.7 Å². The maximum absolute atomic E-state index is 13.3. The molecular weight excluding hydrogens is 448 g/mol. The van der Waals surface area contributed by atoms with Crippen molar-refractivity contribution in [3.8, 4) is 0 Å². The number of benzene rings is 2. The normalized spacial score (nSPS) is 22.4. The molecule has 174 valence electrons. The van der Waals surface area contributed by atoms with Gasteiger partial charge in [0.15, 0.2) is 0 Å². The molecule has 5 rings (SSSR count). The van der Waals surface area contributed by atoms with Crippen LogP contribution in [0.3, 0.4) is 0 Å². The van der Waals surface area contributed by atoms with E-state index in [1.54, 1.807) is 11.3 Å². The maximum atomic E-state index is 13.3. The number of hydrogen-bond donors (Lipinski definition) is 2. The Hall–Kier alpha value is -3.49. The number of nitrogens with one attached hydrogen (secondary N) is 2. The molecule has 2 atom stereocenters. The van der Waals surface area contributed by atoms with Gasteiger partial charge in [0.1, 0.15) is 5.54 Å². The first-order chi connectivity index (χ1) is 16.5. The van der Waals surface area contributed by atoms with Crippen molar-refractivity contribution in [2.24, 2.45) is 0 Å². The van der Waals surface area contributed by atoms with E-state index in [9.17, 15) is 14.4 Å². The van der Waals surface area contributed by atoms with Crippen molar-refractivity contribution in [1.29, 1.82) is 0 Å². The van der Waals surface area contributed by atoms with Crippen LogP contribution in [0.2, 0.25) is 0 Å². The highest BCUT2D eigenvalue weighted by atomic mass is 32.1. The molecule has 34 heavy (non-hydrogen) atoms. The SMILES string of the molecule is CC[C@]1(c2ccccc2)NC(=O)N(NC(=O)CN2CCc3sccc3[C@H]2c2ccccc2)C1=O. The van der Waals surface area contributed by atoms with Crippen LogP contribution in [0, 0.1) is 0 Å². The van der Waals surface area contributed by atoms with E-state index in [4.69, 9.17) is 0 Å². The van der Waals surface area contributed by atoms with Crippen LogP contribution in [0.1, 0.15) is 41.0 Å². The summed E-state index contributed by atoms with van der Waals surface area (Å²) in [6, 6.07) is 20.7. The zero-order valence-electron chi connectivity index (χ0n) is 18.9. The minimum absolute atomic E-state index is 0.0518. The third-order valence-electron chi connectivity index (χ3n) is 6.65. The molecule has 0 aliphatic carbocycles. The summed E-state index contributed by atoms with van der Waals surface area (Å²) >= 11 is 1.74. The van der Waals surface area contributed by atoms with Crippen LogP contribution in [-0.4, -0.2) is 40.8 Å². The largest absolute Gasteiger partial charge is 0.344 e. The molecule has 2 N–H and O–H groups in total. The summed E-state index contributed by atoms with van der Waals surface area (Å²) in [5.41, 5.74) is 4.39. The predicted octanol–water partition coefficient (Wildman–Crippen LogP) is 3.58. The Morgan fingerprint density at radius 1 is 1.09 bits per heavy atom. The van der Waals surface area contributed by atoms with Gasteiger partial charge in [-0.3, -0.25) is 19.9 Å². The van der Waals surface area contributed by atoms with Gasteiger partial charge in [0.25, 0.3) is 11.8 Å². The number of nitrogens with zero attached hydrogens (tertiary/aromatic N) is 2. The van der Waals surface area contributed by atoms with Crippen molar-refractivity contribution >= 4 is 29.2 Å². The number of rotatable bonds is 6. The fourth-order valence-corrected chi connectivity index (χ4v) is 5.85. The number of imide groups is 1. The van der Waals surface area contributed by atoms with E-state index < -0.39 is 23.4 Å². The number of carbonyl (C=O) groups is 3. The van der Waals surface area contributed by atoms with Crippen LogP contribution in [0.15, 0.2) is 72.1 Å². The van der Waals surface area contributed by atoms with Crippen LogP contribution in [0.5, 0.6) is 0 Å². The Morgan fingerprint density at radius 2 is 1.79 bits per heavy atom. The molecular formula is C26H26N4O3S. The number of urea groups is 1. The van der Waals surface area contributed by atoms with E-state index in [-0.39, 0.29) is 12.6 Å². The molecule has 0 spiro atoms. The summed E-state index contributed by atoms with van der Waals surface area (Å²) in [6.07, 6.45) is 1.23. The van der Waals surface area contributed by atoms with Gasteiger partial charge in [0.2, 0.25) is 0 Å². The zero-order valence-corrected chi connectivity index (χ0v) is 19.7. The molecule has 1 saturated heterocycles. The molecule has 0 bridgehead atoms. The van der Waals surface area contributed by atoms with Crippen LogP contribution >= 0.6 is 11.3 Å². The monoisotopic (exact) mass is 474 g/mol. The minimum atomic E-state index is -1.19. The lowest BCUT2D eigenvalue weighted by atomic mass is 9.87. The standard InChI is InChI=1S/C26H26N4O3S/c1-2-26(19-11-7-4-8-12-19)24(32)30(25(33)27-26)28-22(31)17-29-15-13-21-20(14-16-34-21)23(29)18-9-5-3-6-10-18/h3-12,14,16,23H,2,13,15,17H2,1H3,(H,27,33)(H,28,31)/t23-,26-/m1/s1. The van der Waals surface area contributed by atoms with Crippen molar-refractivity contribution in [3.63, 3.8) is 0 Å². The molecule has 2 aromatic carbocycles. The molecule has 7 nitrogen and oxygen atoms in total. The Balaban J connectivity index is 1.35. The second-order valence-electron chi connectivity index (χ2n) is 8.56. The number of carbonyl (C=O) groups excluding carboxylic acids is 3. The van der Waals surface area contributed by atoms with Gasteiger partial charge < -0.3 is 5.32 Å². The van der Waals surface area contributed by atoms with Crippen molar-refractivity contribution in [2.45, 2.75) is 31.3 Å². The highest BCUT2D eigenvalue weighted by Gasteiger charge is 2.52. The van der Waals surface area contributed by atoms with Crippen LogP contribution in [-0.2, 0) is 21.5 Å². The quantitative estimate of drug-likeness (QED) is 0.535. The van der Waals surface area contributed by atoms with Gasteiger partial charge in [-0.1, -0.05) is 67.6 Å². The molecule has 1 fully saturated rings. The minimum Gasteiger partial charge on any atom is -0.318 e. The molecule has 0 saturated carbocycles. The molecule has 1 aromatic heterocycles.